The van der Waals surface area contributed by atoms with Crippen molar-refractivity contribution in [1.82, 2.24) is 5.32 Å². The number of ether oxygens (including phenoxy) is 1. The van der Waals surface area contributed by atoms with Gasteiger partial charge in [0.2, 0.25) is 5.91 Å². The first-order valence-electron chi connectivity index (χ1n) is 5.90. The van der Waals surface area contributed by atoms with E-state index in [1.807, 2.05) is 19.1 Å². The number of carbonyl (C=O) groups excluding carboxylic acids is 1. The standard InChI is InChI=1S/C14H16ClNO4/c1-9-3-4-10(7-11(9)15)5-6-13(17)16-12(8-20-2)14(18)19/h3-7,12H,8H2,1-2H3,(H,16,17)(H,18,19)/b6-5+. The Balaban J connectivity index is 2.67. The first-order valence-corrected chi connectivity index (χ1v) is 6.28. The molecule has 0 saturated heterocycles. The summed E-state index contributed by atoms with van der Waals surface area (Å²) in [4.78, 5) is 22.5. The Kier molecular flexibility index (Phi) is 6.21. The summed E-state index contributed by atoms with van der Waals surface area (Å²) >= 11 is 5.97. The average Bonchev–Trinajstić information content (AvgIpc) is 2.39. The highest BCUT2D eigenvalue weighted by Gasteiger charge is 2.18. The summed E-state index contributed by atoms with van der Waals surface area (Å²) in [5.41, 5.74) is 1.70. The predicted octanol–water partition coefficient (Wildman–Crippen LogP) is 1.88. The van der Waals surface area contributed by atoms with E-state index in [0.29, 0.717) is 5.02 Å². The van der Waals surface area contributed by atoms with Crippen LogP contribution >= 0.6 is 11.6 Å². The van der Waals surface area contributed by atoms with Crippen LogP contribution in [0, 0.1) is 6.92 Å². The molecule has 0 saturated carbocycles. The number of benzene rings is 1. The summed E-state index contributed by atoms with van der Waals surface area (Å²) in [5.74, 6) is -1.65. The maximum atomic E-state index is 11.6. The monoisotopic (exact) mass is 297 g/mol. The van der Waals surface area contributed by atoms with E-state index < -0.39 is 17.9 Å². The van der Waals surface area contributed by atoms with E-state index in [2.05, 4.69) is 5.32 Å². The number of carbonyl (C=O) groups is 2. The van der Waals surface area contributed by atoms with E-state index in [9.17, 15) is 9.59 Å². The molecule has 1 amide bonds. The molecule has 0 aliphatic carbocycles. The number of aryl methyl sites for hydroxylation is 1. The number of methoxy groups -OCH3 is 1. The Bertz CT molecular complexity index is 528. The van der Waals surface area contributed by atoms with Crippen molar-refractivity contribution in [3.05, 3.63) is 40.4 Å². The molecule has 1 rings (SSSR count). The van der Waals surface area contributed by atoms with E-state index in [4.69, 9.17) is 21.4 Å². The van der Waals surface area contributed by atoms with Gasteiger partial charge in [0.1, 0.15) is 0 Å². The van der Waals surface area contributed by atoms with E-state index in [0.717, 1.165) is 11.1 Å². The quantitative estimate of drug-likeness (QED) is 0.786. The molecule has 1 aromatic rings. The lowest BCUT2D eigenvalue weighted by Crippen LogP contribution is -2.43. The third-order valence-electron chi connectivity index (χ3n) is 2.57. The van der Waals surface area contributed by atoms with Gasteiger partial charge in [0, 0.05) is 18.2 Å². The molecular formula is C14H16ClNO4. The molecule has 0 bridgehead atoms. The SMILES string of the molecule is COCC(NC(=O)/C=C/c1ccc(C)c(Cl)c1)C(=O)O. The molecular weight excluding hydrogens is 282 g/mol. The van der Waals surface area contributed by atoms with E-state index in [-0.39, 0.29) is 6.61 Å². The Hall–Kier alpha value is -1.85. The van der Waals surface area contributed by atoms with Crippen LogP contribution in [0.4, 0.5) is 0 Å². The summed E-state index contributed by atoms with van der Waals surface area (Å²) in [5, 5.41) is 11.8. The number of aliphatic carboxylic acids is 1. The lowest BCUT2D eigenvalue weighted by Gasteiger charge is -2.11. The number of carboxylic acids is 1. The second-order valence-corrected chi connectivity index (χ2v) is 4.60. The summed E-state index contributed by atoms with van der Waals surface area (Å²) in [6.45, 7) is 1.79. The predicted molar refractivity (Wildman–Crippen MR) is 76.7 cm³/mol. The zero-order valence-electron chi connectivity index (χ0n) is 11.2. The fourth-order valence-corrected chi connectivity index (χ4v) is 1.63. The van der Waals surface area contributed by atoms with Crippen molar-refractivity contribution in [1.29, 1.82) is 0 Å². The van der Waals surface area contributed by atoms with Gasteiger partial charge < -0.3 is 15.2 Å². The smallest absolute Gasteiger partial charge is 0.328 e. The largest absolute Gasteiger partial charge is 0.480 e. The van der Waals surface area contributed by atoms with E-state index in [1.54, 1.807) is 12.1 Å². The summed E-state index contributed by atoms with van der Waals surface area (Å²) in [7, 11) is 1.37. The topological polar surface area (TPSA) is 75.6 Å². The highest BCUT2D eigenvalue weighted by molar-refractivity contribution is 6.31. The van der Waals surface area contributed by atoms with Crippen molar-refractivity contribution in [2.75, 3.05) is 13.7 Å². The van der Waals surface area contributed by atoms with Gasteiger partial charge in [0.25, 0.3) is 0 Å². The molecule has 0 fully saturated rings. The number of halogens is 1. The minimum absolute atomic E-state index is 0.0920. The van der Waals surface area contributed by atoms with Crippen molar-refractivity contribution in [3.8, 4) is 0 Å². The van der Waals surface area contributed by atoms with Crippen LogP contribution in [0.2, 0.25) is 5.02 Å². The number of amides is 1. The van der Waals surface area contributed by atoms with Crippen LogP contribution in [0.25, 0.3) is 6.08 Å². The number of hydrogen-bond donors (Lipinski definition) is 2. The summed E-state index contributed by atoms with van der Waals surface area (Å²) < 4.78 is 4.72. The van der Waals surface area contributed by atoms with Gasteiger partial charge >= 0.3 is 5.97 Å². The van der Waals surface area contributed by atoms with Crippen molar-refractivity contribution >= 4 is 29.6 Å². The van der Waals surface area contributed by atoms with Gasteiger partial charge in [0.15, 0.2) is 6.04 Å². The maximum Gasteiger partial charge on any atom is 0.328 e. The molecule has 108 valence electrons. The van der Waals surface area contributed by atoms with Gasteiger partial charge in [-0.2, -0.15) is 0 Å². The Morgan fingerprint density at radius 1 is 1.50 bits per heavy atom. The van der Waals surface area contributed by atoms with Crippen LogP contribution in [-0.4, -0.2) is 36.7 Å². The highest BCUT2D eigenvalue weighted by Crippen LogP contribution is 2.17. The van der Waals surface area contributed by atoms with Crippen molar-refractivity contribution in [3.63, 3.8) is 0 Å². The second-order valence-electron chi connectivity index (χ2n) is 4.20. The van der Waals surface area contributed by atoms with Gasteiger partial charge in [-0.15, -0.1) is 0 Å². The zero-order valence-corrected chi connectivity index (χ0v) is 12.0. The number of carboxylic acid groups (broad SMARTS) is 1. The van der Waals surface area contributed by atoms with Crippen molar-refractivity contribution in [2.45, 2.75) is 13.0 Å². The first kappa shape index (κ1) is 16.2. The van der Waals surface area contributed by atoms with Gasteiger partial charge in [-0.05, 0) is 30.2 Å². The molecule has 20 heavy (non-hydrogen) atoms. The molecule has 5 nitrogen and oxygen atoms in total. The summed E-state index contributed by atoms with van der Waals surface area (Å²) in [6, 6.07) is 4.31. The van der Waals surface area contributed by atoms with Crippen molar-refractivity contribution < 1.29 is 19.4 Å². The number of hydrogen-bond acceptors (Lipinski definition) is 3. The van der Waals surface area contributed by atoms with Crippen LogP contribution in [0.1, 0.15) is 11.1 Å². The Morgan fingerprint density at radius 3 is 2.75 bits per heavy atom. The lowest BCUT2D eigenvalue weighted by molar-refractivity contribution is -0.142. The molecule has 1 atom stereocenters. The Morgan fingerprint density at radius 2 is 2.20 bits per heavy atom. The molecule has 0 aromatic heterocycles. The lowest BCUT2D eigenvalue weighted by atomic mass is 10.1. The van der Waals surface area contributed by atoms with E-state index in [1.165, 1.54) is 13.2 Å². The van der Waals surface area contributed by atoms with Crippen LogP contribution in [0.15, 0.2) is 24.3 Å². The van der Waals surface area contributed by atoms with Crippen LogP contribution in [-0.2, 0) is 14.3 Å². The van der Waals surface area contributed by atoms with Crippen LogP contribution < -0.4 is 5.32 Å². The third kappa shape index (κ3) is 5.03. The molecule has 6 heteroatoms. The maximum absolute atomic E-state index is 11.6. The number of rotatable bonds is 6. The van der Waals surface area contributed by atoms with Crippen molar-refractivity contribution in [2.24, 2.45) is 0 Å². The number of nitrogens with one attached hydrogen (secondary N) is 1. The first-order chi connectivity index (χ1) is 9.43. The minimum Gasteiger partial charge on any atom is -0.480 e. The fourth-order valence-electron chi connectivity index (χ4n) is 1.45. The molecule has 0 radical (unpaired) electrons. The molecule has 0 spiro atoms. The molecule has 1 unspecified atom stereocenters. The normalized spacial score (nSPS) is 12.3. The zero-order chi connectivity index (χ0) is 15.1. The molecule has 1 aromatic carbocycles. The van der Waals surface area contributed by atoms with Gasteiger partial charge in [-0.1, -0.05) is 23.7 Å². The van der Waals surface area contributed by atoms with Gasteiger partial charge in [0.05, 0.1) is 6.61 Å². The second kappa shape index (κ2) is 7.67. The average molecular weight is 298 g/mol. The third-order valence-corrected chi connectivity index (χ3v) is 2.98. The minimum atomic E-state index is -1.15. The summed E-state index contributed by atoms with van der Waals surface area (Å²) in [6.07, 6.45) is 2.82. The Labute approximate surface area is 122 Å². The molecule has 2 N–H and O–H groups in total. The molecule has 0 aliphatic rings. The van der Waals surface area contributed by atoms with E-state index >= 15 is 0 Å². The molecule has 0 heterocycles. The van der Waals surface area contributed by atoms with Gasteiger partial charge in [-0.25, -0.2) is 4.79 Å². The van der Waals surface area contributed by atoms with Crippen LogP contribution in [0.5, 0.6) is 0 Å². The van der Waals surface area contributed by atoms with Gasteiger partial charge in [-0.3, -0.25) is 4.79 Å². The fraction of sp³-hybridized carbons (Fsp3) is 0.286. The molecule has 0 aliphatic heterocycles. The van der Waals surface area contributed by atoms with Crippen LogP contribution in [0.3, 0.4) is 0 Å². The highest BCUT2D eigenvalue weighted by atomic mass is 35.5.